The Hall–Kier alpha value is -3.09. The molecule has 0 atom stereocenters. The molecule has 0 bridgehead atoms. The smallest absolute Gasteiger partial charge is 0.262 e. The van der Waals surface area contributed by atoms with Gasteiger partial charge in [-0.25, -0.2) is 0 Å². The molecular weight excluding hydrogens is 499 g/mol. The van der Waals surface area contributed by atoms with Gasteiger partial charge in [0.2, 0.25) is 0 Å². The van der Waals surface area contributed by atoms with Gasteiger partial charge in [-0.15, -0.1) is 0 Å². The highest BCUT2D eigenvalue weighted by molar-refractivity contribution is 6.33. The molecule has 0 fully saturated rings. The van der Waals surface area contributed by atoms with Gasteiger partial charge in [-0.2, -0.15) is 0 Å². The third kappa shape index (κ3) is 4.56. The van der Waals surface area contributed by atoms with E-state index in [1.807, 2.05) is 13.1 Å². The largest absolute Gasteiger partial charge is 0.482 e. The van der Waals surface area contributed by atoms with Crippen molar-refractivity contribution in [2.75, 3.05) is 19.0 Å². The van der Waals surface area contributed by atoms with E-state index in [1.54, 1.807) is 36.4 Å². The lowest BCUT2D eigenvalue weighted by Crippen LogP contribution is -2.37. The van der Waals surface area contributed by atoms with E-state index in [0.717, 1.165) is 42.6 Å². The zero-order valence-electron chi connectivity index (χ0n) is 19.9. The average Bonchev–Trinajstić information content (AvgIpc) is 2.86. The first-order chi connectivity index (χ1) is 17.3. The lowest BCUT2D eigenvalue weighted by molar-refractivity contribution is -0.118. The molecule has 36 heavy (non-hydrogen) atoms. The number of benzene rings is 2. The molecule has 186 valence electrons. The number of carbonyl (C=O) groups excluding carboxylic acids is 3. The molecule has 0 spiro atoms. The topological polar surface area (TPSA) is 75.7 Å². The molecule has 1 heterocycles. The number of nitrogens with zero attached hydrogens (tertiary/aromatic N) is 1. The van der Waals surface area contributed by atoms with Crippen molar-refractivity contribution in [3.8, 4) is 5.75 Å². The van der Waals surface area contributed by atoms with Gasteiger partial charge < -0.3 is 15.0 Å². The van der Waals surface area contributed by atoms with Gasteiger partial charge in [0.05, 0.1) is 15.7 Å². The van der Waals surface area contributed by atoms with Crippen LogP contribution in [0.5, 0.6) is 5.75 Å². The molecule has 5 rings (SSSR count). The molecular formula is C28H26Cl2N2O4. The molecule has 2 aromatic carbocycles. The Kier molecular flexibility index (Phi) is 6.91. The van der Waals surface area contributed by atoms with Crippen LogP contribution >= 0.6 is 23.2 Å². The minimum atomic E-state index is -0.429. The lowest BCUT2D eigenvalue weighted by atomic mass is 9.71. The zero-order chi connectivity index (χ0) is 25.4. The van der Waals surface area contributed by atoms with E-state index in [4.69, 9.17) is 27.9 Å². The van der Waals surface area contributed by atoms with Crippen molar-refractivity contribution in [1.29, 1.82) is 0 Å². The lowest BCUT2D eigenvalue weighted by Gasteiger charge is -2.42. The molecule has 1 amide bonds. The predicted molar refractivity (Wildman–Crippen MR) is 139 cm³/mol. The Labute approximate surface area is 219 Å². The zero-order valence-corrected chi connectivity index (χ0v) is 21.4. The number of hydrogen-bond acceptors (Lipinski definition) is 5. The van der Waals surface area contributed by atoms with E-state index in [9.17, 15) is 14.4 Å². The van der Waals surface area contributed by atoms with E-state index in [-0.39, 0.29) is 24.1 Å². The number of Topliss-reactive ketones (excluding diaryl/α,β-unsaturated/α-hetero) is 2. The number of ketones is 2. The molecule has 0 saturated heterocycles. The van der Waals surface area contributed by atoms with Crippen LogP contribution in [-0.2, 0) is 14.4 Å². The van der Waals surface area contributed by atoms with Crippen LogP contribution in [0.15, 0.2) is 65.0 Å². The van der Waals surface area contributed by atoms with Gasteiger partial charge in [0.25, 0.3) is 5.91 Å². The van der Waals surface area contributed by atoms with E-state index in [2.05, 4.69) is 10.2 Å². The second-order valence-corrected chi connectivity index (χ2v) is 10.1. The Balaban J connectivity index is 1.41. The maximum Gasteiger partial charge on any atom is 0.262 e. The van der Waals surface area contributed by atoms with Gasteiger partial charge in [0.1, 0.15) is 5.75 Å². The third-order valence-corrected chi connectivity index (χ3v) is 7.67. The quantitative estimate of drug-likeness (QED) is 0.514. The van der Waals surface area contributed by atoms with E-state index in [1.165, 1.54) is 0 Å². The first-order valence-electron chi connectivity index (χ1n) is 12.1. The predicted octanol–water partition coefficient (Wildman–Crippen LogP) is 6.05. The Bertz CT molecular complexity index is 1290. The van der Waals surface area contributed by atoms with Crippen molar-refractivity contribution in [3.63, 3.8) is 0 Å². The number of nitrogens with one attached hydrogen (secondary N) is 1. The van der Waals surface area contributed by atoms with Crippen LogP contribution in [0.3, 0.4) is 0 Å². The van der Waals surface area contributed by atoms with Crippen LogP contribution in [0.25, 0.3) is 0 Å². The van der Waals surface area contributed by atoms with Gasteiger partial charge in [-0.05, 0) is 55.5 Å². The van der Waals surface area contributed by atoms with Gasteiger partial charge in [-0.1, -0.05) is 41.4 Å². The Morgan fingerprint density at radius 2 is 1.58 bits per heavy atom. The highest BCUT2D eigenvalue weighted by Gasteiger charge is 2.42. The van der Waals surface area contributed by atoms with Crippen molar-refractivity contribution in [3.05, 3.63) is 80.6 Å². The fourth-order valence-corrected chi connectivity index (χ4v) is 5.82. The molecule has 0 unspecified atom stereocenters. The number of halogens is 2. The molecule has 0 radical (unpaired) electrons. The van der Waals surface area contributed by atoms with Gasteiger partial charge >= 0.3 is 0 Å². The Morgan fingerprint density at radius 1 is 0.944 bits per heavy atom. The van der Waals surface area contributed by atoms with Crippen LogP contribution in [-0.4, -0.2) is 36.0 Å². The first-order valence-corrected chi connectivity index (χ1v) is 12.8. The van der Waals surface area contributed by atoms with Gasteiger partial charge in [-0.3, -0.25) is 14.4 Å². The van der Waals surface area contributed by atoms with E-state index in [0.29, 0.717) is 45.5 Å². The second kappa shape index (κ2) is 10.1. The van der Waals surface area contributed by atoms with Crippen LogP contribution in [0, 0.1) is 0 Å². The van der Waals surface area contributed by atoms with Crippen molar-refractivity contribution < 1.29 is 19.1 Å². The summed E-state index contributed by atoms with van der Waals surface area (Å²) in [5.41, 5.74) is 4.73. The number of carbonyl (C=O) groups is 3. The molecule has 1 aliphatic heterocycles. The van der Waals surface area contributed by atoms with Crippen LogP contribution in [0.4, 0.5) is 5.69 Å². The molecule has 2 aromatic rings. The summed E-state index contributed by atoms with van der Waals surface area (Å²) in [6, 6.07) is 12.2. The minimum Gasteiger partial charge on any atom is -0.482 e. The third-order valence-electron chi connectivity index (χ3n) is 7.04. The van der Waals surface area contributed by atoms with E-state index >= 15 is 0 Å². The van der Waals surface area contributed by atoms with E-state index < -0.39 is 5.92 Å². The molecule has 2 aliphatic carbocycles. The molecule has 0 saturated carbocycles. The van der Waals surface area contributed by atoms with Crippen LogP contribution < -0.4 is 10.1 Å². The standard InChI is InChI=1S/C28H26Cl2N2O4/c1-32-20-8-4-10-22(33)27(20)26(28-21(32)9-5-11-23(28)34)16-12-13-24(18(30)14-16)36-15-25(35)31-19-7-3-2-6-17(19)29/h2-3,6-7,12-14,26H,4-5,8-11,15H2,1H3,(H,31,35). The monoisotopic (exact) mass is 524 g/mol. The molecule has 3 aliphatic rings. The Morgan fingerprint density at radius 3 is 2.19 bits per heavy atom. The fraction of sp³-hybridized carbons (Fsp3) is 0.321. The van der Waals surface area contributed by atoms with Crippen molar-refractivity contribution >= 4 is 46.4 Å². The van der Waals surface area contributed by atoms with Gasteiger partial charge in [0.15, 0.2) is 18.2 Å². The number of hydrogen-bond donors (Lipinski definition) is 1. The second-order valence-electron chi connectivity index (χ2n) is 9.27. The molecule has 1 N–H and O–H groups in total. The summed E-state index contributed by atoms with van der Waals surface area (Å²) in [7, 11) is 1.97. The van der Waals surface area contributed by atoms with Crippen molar-refractivity contribution in [1.82, 2.24) is 4.90 Å². The number of anilines is 1. The summed E-state index contributed by atoms with van der Waals surface area (Å²) in [4.78, 5) is 40.7. The molecule has 6 nitrogen and oxygen atoms in total. The summed E-state index contributed by atoms with van der Waals surface area (Å²) >= 11 is 12.7. The van der Waals surface area contributed by atoms with Crippen LogP contribution in [0.2, 0.25) is 10.0 Å². The summed E-state index contributed by atoms with van der Waals surface area (Å²) in [6.45, 7) is -0.250. The highest BCUT2D eigenvalue weighted by atomic mass is 35.5. The average molecular weight is 525 g/mol. The number of rotatable bonds is 5. The highest BCUT2D eigenvalue weighted by Crippen LogP contribution is 2.49. The summed E-state index contributed by atoms with van der Waals surface area (Å²) in [5.74, 6) is -0.280. The van der Waals surface area contributed by atoms with Gasteiger partial charge in [0, 0.05) is 48.3 Å². The fourth-order valence-electron chi connectivity index (χ4n) is 5.39. The first kappa shape index (κ1) is 24.6. The maximum absolute atomic E-state index is 13.1. The molecule has 8 heteroatoms. The minimum absolute atomic E-state index is 0.0886. The SMILES string of the molecule is CN1C2=C(C(=O)CCC2)C(c2ccc(OCC(=O)Nc3ccccc3Cl)c(Cl)c2)C2=C1CCCC2=O. The number of amides is 1. The summed E-state index contributed by atoms with van der Waals surface area (Å²) < 4.78 is 5.67. The van der Waals surface area contributed by atoms with Crippen molar-refractivity contribution in [2.24, 2.45) is 0 Å². The summed E-state index contributed by atoms with van der Waals surface area (Å²) in [5, 5.41) is 3.45. The maximum atomic E-state index is 13.1. The summed E-state index contributed by atoms with van der Waals surface area (Å²) in [6.07, 6.45) is 4.22. The normalized spacial score (nSPS) is 18.2. The number of allylic oxidation sites excluding steroid dienone is 4. The van der Waals surface area contributed by atoms with Crippen LogP contribution in [0.1, 0.15) is 50.0 Å². The number of ether oxygens (including phenoxy) is 1. The molecule has 0 aromatic heterocycles. The van der Waals surface area contributed by atoms with Crippen molar-refractivity contribution in [2.45, 2.75) is 44.4 Å². The number of para-hydroxylation sites is 1.